The van der Waals surface area contributed by atoms with Crippen LogP contribution in [0.25, 0.3) is 0 Å². The van der Waals surface area contributed by atoms with Gasteiger partial charge in [-0.2, -0.15) is 69.5 Å². The lowest BCUT2D eigenvalue weighted by Gasteiger charge is -2.39. The van der Waals surface area contributed by atoms with Crippen LogP contribution in [-0.4, -0.2) is 40.2 Å². The number of hydrogen-bond donors (Lipinski definition) is 0. The molecular weight excluding hydrogens is 640 g/mol. The van der Waals surface area contributed by atoms with Gasteiger partial charge < -0.3 is 8.37 Å². The summed E-state index contributed by atoms with van der Waals surface area (Å²) in [6.45, 7) is 2.69. The van der Waals surface area contributed by atoms with E-state index in [4.69, 9.17) is 0 Å². The highest BCUT2D eigenvalue weighted by Crippen LogP contribution is 2.57. The maximum atomic E-state index is 14.6. The third kappa shape index (κ3) is 6.02. The first-order valence-electron chi connectivity index (χ1n) is 10.4. The number of halogens is 12. The molecular formula is C21H16F12O6S2. The molecule has 0 fully saturated rings. The fourth-order valence-electron chi connectivity index (χ4n) is 3.89. The lowest BCUT2D eigenvalue weighted by Crippen LogP contribution is -2.55. The summed E-state index contributed by atoms with van der Waals surface area (Å²) in [5.74, 6) is -2.42. The van der Waals surface area contributed by atoms with Crippen LogP contribution in [0.15, 0.2) is 24.3 Å². The van der Waals surface area contributed by atoms with Gasteiger partial charge in [-0.15, -0.1) is 0 Å². The Labute approximate surface area is 224 Å². The van der Waals surface area contributed by atoms with E-state index in [1.165, 1.54) is 0 Å². The summed E-state index contributed by atoms with van der Waals surface area (Å²) in [5, 5.41) is 0. The van der Waals surface area contributed by atoms with E-state index in [2.05, 4.69) is 8.37 Å². The van der Waals surface area contributed by atoms with Crippen molar-refractivity contribution < 1.29 is 77.9 Å². The summed E-state index contributed by atoms with van der Waals surface area (Å²) in [6, 6.07) is 0.327. The second-order valence-electron chi connectivity index (χ2n) is 8.59. The first-order chi connectivity index (χ1) is 18.0. The molecule has 0 aliphatic rings. The Balaban J connectivity index is 2.95. The Morgan fingerprint density at radius 1 is 0.488 bits per heavy atom. The molecule has 0 atom stereocenters. The van der Waals surface area contributed by atoms with Gasteiger partial charge in [0.2, 0.25) is 5.41 Å². The van der Waals surface area contributed by atoms with Crippen LogP contribution in [0.3, 0.4) is 0 Å². The van der Waals surface area contributed by atoms with Gasteiger partial charge in [0, 0.05) is 0 Å². The molecule has 0 heterocycles. The van der Waals surface area contributed by atoms with Gasteiger partial charge in [-0.1, -0.05) is 24.3 Å². The minimum Gasteiger partial charge on any atom is -0.375 e. The summed E-state index contributed by atoms with van der Waals surface area (Å²) in [6.07, 6.45) is -12.6. The molecule has 2 aromatic carbocycles. The molecule has 20 heteroatoms. The van der Waals surface area contributed by atoms with Crippen molar-refractivity contribution in [2.75, 3.05) is 0 Å². The average molecular weight is 656 g/mol. The topological polar surface area (TPSA) is 86.7 Å². The zero-order valence-corrected chi connectivity index (χ0v) is 22.2. The van der Waals surface area contributed by atoms with Crippen molar-refractivity contribution >= 4 is 20.2 Å². The van der Waals surface area contributed by atoms with Gasteiger partial charge in [0.05, 0.1) is 0 Å². The predicted molar refractivity (Wildman–Crippen MR) is 116 cm³/mol. The van der Waals surface area contributed by atoms with E-state index in [1.54, 1.807) is 0 Å². The van der Waals surface area contributed by atoms with E-state index in [0.717, 1.165) is 0 Å². The van der Waals surface area contributed by atoms with Crippen LogP contribution in [0.5, 0.6) is 11.5 Å². The minimum atomic E-state index is -6.38. The molecule has 0 saturated carbocycles. The Hall–Kier alpha value is -2.90. The van der Waals surface area contributed by atoms with Crippen molar-refractivity contribution in [1.82, 2.24) is 0 Å². The van der Waals surface area contributed by atoms with Crippen molar-refractivity contribution in [3.05, 3.63) is 57.6 Å². The highest BCUT2D eigenvalue weighted by molar-refractivity contribution is 7.88. The van der Waals surface area contributed by atoms with Crippen LogP contribution in [0.4, 0.5) is 52.7 Å². The van der Waals surface area contributed by atoms with Crippen molar-refractivity contribution in [2.45, 2.75) is 56.5 Å². The maximum Gasteiger partial charge on any atom is 0.534 e. The highest BCUT2D eigenvalue weighted by atomic mass is 32.2. The van der Waals surface area contributed by atoms with Gasteiger partial charge in [0.15, 0.2) is 0 Å². The Bertz CT molecular complexity index is 1390. The molecule has 232 valence electrons. The van der Waals surface area contributed by atoms with Gasteiger partial charge in [0.1, 0.15) is 11.5 Å². The van der Waals surface area contributed by atoms with Gasteiger partial charge in [-0.05, 0) is 61.1 Å². The van der Waals surface area contributed by atoms with E-state index in [-0.39, 0.29) is 24.3 Å². The standard InChI is InChI=1S/C21H16F12O6S2/c1-9-5-13(6-10(2)15(9)38-40(34,35)20(28,29)30)17(18(22,23)24,19(25,26)27)14-7-11(3)16(12(4)8-14)39-41(36,37)21(31,32)33/h5-8H,1-4H3. The molecule has 0 radical (unpaired) electrons. The molecule has 6 nitrogen and oxygen atoms in total. The Kier molecular flexibility index (Phi) is 8.47. The second-order valence-corrected chi connectivity index (χ2v) is 11.7. The lowest BCUT2D eigenvalue weighted by atomic mass is 9.71. The summed E-state index contributed by atoms with van der Waals surface area (Å²) in [5.41, 5.74) is -23.9. The zero-order chi connectivity index (χ0) is 32.4. The van der Waals surface area contributed by atoms with Crippen LogP contribution < -0.4 is 8.37 Å². The monoisotopic (exact) mass is 656 g/mol. The van der Waals surface area contributed by atoms with Gasteiger partial charge >= 0.3 is 43.6 Å². The number of aryl methyl sites for hydroxylation is 4. The third-order valence-electron chi connectivity index (χ3n) is 5.59. The normalized spacial score (nSPS) is 14.2. The molecule has 0 aliphatic carbocycles. The summed E-state index contributed by atoms with van der Waals surface area (Å²) >= 11 is 0. The first kappa shape index (κ1) is 34.3. The number of rotatable bonds is 6. The van der Waals surface area contributed by atoms with E-state index in [9.17, 15) is 69.5 Å². The van der Waals surface area contributed by atoms with Gasteiger partial charge in [0.25, 0.3) is 0 Å². The average Bonchev–Trinajstić information content (AvgIpc) is 2.70. The molecule has 0 bridgehead atoms. The smallest absolute Gasteiger partial charge is 0.375 e. The SMILES string of the molecule is Cc1cc(C(c2cc(C)c(OS(=O)(=O)C(F)(F)F)c(C)c2)(C(F)(F)F)C(F)(F)F)cc(C)c1OS(=O)(=O)C(F)(F)F. The highest BCUT2D eigenvalue weighted by Gasteiger charge is 2.72. The third-order valence-corrected chi connectivity index (χ3v) is 7.50. The van der Waals surface area contributed by atoms with Crippen LogP contribution in [-0.2, 0) is 25.7 Å². The fourth-order valence-corrected chi connectivity index (χ4v) is 5.05. The molecule has 0 amide bonds. The zero-order valence-electron chi connectivity index (χ0n) is 20.6. The molecule has 2 aromatic rings. The van der Waals surface area contributed by atoms with Crippen molar-refractivity contribution in [2.24, 2.45) is 0 Å². The van der Waals surface area contributed by atoms with E-state index >= 15 is 0 Å². The van der Waals surface area contributed by atoms with Gasteiger partial charge in [-0.3, -0.25) is 0 Å². The van der Waals surface area contributed by atoms with Crippen molar-refractivity contribution in [3.63, 3.8) is 0 Å². The summed E-state index contributed by atoms with van der Waals surface area (Å²) in [7, 11) is -12.8. The van der Waals surface area contributed by atoms with Crippen molar-refractivity contribution in [1.29, 1.82) is 0 Å². The number of alkyl halides is 12. The van der Waals surface area contributed by atoms with E-state index < -0.39 is 93.9 Å². The first-order valence-corrected chi connectivity index (χ1v) is 13.2. The number of benzene rings is 2. The Morgan fingerprint density at radius 2 is 0.707 bits per heavy atom. The molecule has 0 saturated heterocycles. The molecule has 0 unspecified atom stereocenters. The molecule has 41 heavy (non-hydrogen) atoms. The quantitative estimate of drug-likeness (QED) is 0.194. The lowest BCUT2D eigenvalue weighted by molar-refractivity contribution is -0.288. The fraction of sp³-hybridized carbons (Fsp3) is 0.429. The van der Waals surface area contributed by atoms with Crippen LogP contribution in [0.2, 0.25) is 0 Å². The maximum absolute atomic E-state index is 14.6. The van der Waals surface area contributed by atoms with Crippen LogP contribution >= 0.6 is 0 Å². The van der Waals surface area contributed by atoms with Crippen LogP contribution in [0, 0.1) is 27.7 Å². The Morgan fingerprint density at radius 3 is 0.878 bits per heavy atom. The number of hydrogen-bond acceptors (Lipinski definition) is 6. The molecule has 0 N–H and O–H groups in total. The molecule has 2 rings (SSSR count). The van der Waals surface area contributed by atoms with Crippen LogP contribution in [0.1, 0.15) is 33.4 Å². The predicted octanol–water partition coefficient (Wildman–Crippen LogP) is 6.79. The van der Waals surface area contributed by atoms with Crippen molar-refractivity contribution in [3.8, 4) is 11.5 Å². The largest absolute Gasteiger partial charge is 0.534 e. The molecule has 0 spiro atoms. The van der Waals surface area contributed by atoms with E-state index in [1.807, 2.05) is 0 Å². The van der Waals surface area contributed by atoms with E-state index in [0.29, 0.717) is 27.7 Å². The van der Waals surface area contributed by atoms with Gasteiger partial charge in [-0.25, -0.2) is 0 Å². The summed E-state index contributed by atoms with van der Waals surface area (Å²) < 4.78 is 217. The summed E-state index contributed by atoms with van der Waals surface area (Å²) in [4.78, 5) is 0. The second kappa shape index (κ2) is 10.1. The molecule has 0 aromatic heterocycles. The minimum absolute atomic E-state index is 0.0817. The molecule has 0 aliphatic heterocycles.